The Morgan fingerprint density at radius 3 is 1.14 bits per heavy atom. The molecule has 0 saturated carbocycles. The van der Waals surface area contributed by atoms with E-state index in [0.717, 1.165) is 0 Å². The van der Waals surface area contributed by atoms with Crippen molar-refractivity contribution in [3.63, 3.8) is 0 Å². The van der Waals surface area contributed by atoms with Gasteiger partial charge in [0.25, 0.3) is 0 Å². The van der Waals surface area contributed by atoms with Gasteiger partial charge in [-0.15, -0.1) is 0 Å². The van der Waals surface area contributed by atoms with Crippen LogP contribution in [0.2, 0.25) is 0 Å². The van der Waals surface area contributed by atoms with Crippen LogP contribution in [0.3, 0.4) is 0 Å². The first-order valence-electron chi connectivity index (χ1n) is 0.667. The van der Waals surface area contributed by atoms with Crippen molar-refractivity contribution >= 4 is 71.2 Å². The van der Waals surface area contributed by atoms with Gasteiger partial charge in [0.05, 0.1) is 0 Å². The maximum atomic E-state index is 8.52. The van der Waals surface area contributed by atoms with E-state index in [9.17, 15) is 0 Å². The zero-order valence-electron chi connectivity index (χ0n) is 3.46. The van der Waals surface area contributed by atoms with E-state index < -0.39 is 10.4 Å². The molecule has 0 aromatic carbocycles. The zero-order valence-corrected chi connectivity index (χ0v) is 7.89. The monoisotopic (exact) mass is 160 g/mol. The molecule has 0 saturated heterocycles. The number of hydrogen-bond acceptors (Lipinski definition) is 4. The van der Waals surface area contributed by atoms with Crippen LogP contribution < -0.4 is 0 Å². The summed E-state index contributed by atoms with van der Waals surface area (Å²) >= 11 is 0. The normalized spacial score (nSPS) is 8.29. The van der Waals surface area contributed by atoms with E-state index in [1.54, 1.807) is 0 Å². The molecule has 0 aromatic heterocycles. The van der Waals surface area contributed by atoms with Crippen molar-refractivity contribution in [1.82, 2.24) is 0 Å². The van der Waals surface area contributed by atoms with Crippen molar-refractivity contribution in [2.24, 2.45) is 0 Å². The molecule has 0 spiro atoms. The molecule has 0 radical (unpaired) electrons. The Morgan fingerprint density at radius 1 is 1.14 bits per heavy atom. The van der Waals surface area contributed by atoms with E-state index in [2.05, 4.69) is 0 Å². The van der Waals surface area contributed by atoms with Crippen LogP contribution in [0.15, 0.2) is 0 Å². The van der Waals surface area contributed by atoms with Crippen LogP contribution in [0.1, 0.15) is 0 Å². The Balaban J connectivity index is -0.0000000800. The fraction of sp³-hybridized carbons (Fsp3) is 0. The molecule has 32 valence electrons. The van der Waals surface area contributed by atoms with Gasteiger partial charge in [-0.3, -0.25) is 8.42 Å². The van der Waals surface area contributed by atoms with E-state index in [1.165, 1.54) is 0 Å². The largest absolute Gasteiger partial charge is 2.00 e. The van der Waals surface area contributed by atoms with Gasteiger partial charge in [0, 0.05) is 10.4 Å². The summed E-state index contributed by atoms with van der Waals surface area (Å²) < 4.78 is 34.1. The quantitative estimate of drug-likeness (QED) is 0.231. The van der Waals surface area contributed by atoms with Gasteiger partial charge in [-0.2, -0.15) is 0 Å². The molecule has 0 bridgehead atoms. The Labute approximate surface area is 87.4 Å². The average molecular weight is 160 g/mol. The van der Waals surface area contributed by atoms with Crippen LogP contribution in [0.5, 0.6) is 0 Å². The van der Waals surface area contributed by atoms with Gasteiger partial charge >= 0.3 is 60.8 Å². The first-order chi connectivity index (χ1) is 2.00. The van der Waals surface area contributed by atoms with Crippen molar-refractivity contribution in [3.8, 4) is 0 Å². The first-order valence-corrected chi connectivity index (χ1v) is 2.00. The van der Waals surface area contributed by atoms with Gasteiger partial charge in [0.15, 0.2) is 0 Å². The van der Waals surface area contributed by atoms with E-state index in [4.69, 9.17) is 17.5 Å². The molecule has 0 aromatic rings. The van der Waals surface area contributed by atoms with Crippen LogP contribution in [-0.2, 0) is 10.4 Å². The van der Waals surface area contributed by atoms with Gasteiger partial charge in [-0.25, -0.2) is 0 Å². The molecule has 0 aliphatic rings. The Morgan fingerprint density at radius 2 is 1.14 bits per heavy atom. The SMILES string of the molecule is O=S(=O)([O-])[O-].[Ca+2].[Mg+2]. The molecule has 4 nitrogen and oxygen atoms in total. The molecule has 0 fully saturated rings. The topological polar surface area (TPSA) is 80.3 Å². The summed E-state index contributed by atoms with van der Waals surface area (Å²) in [6.45, 7) is 0. The van der Waals surface area contributed by atoms with Crippen LogP contribution in [0.4, 0.5) is 0 Å². The molecule has 7 heavy (non-hydrogen) atoms. The van der Waals surface area contributed by atoms with E-state index in [-0.39, 0.29) is 60.8 Å². The molecular weight excluding hydrogens is 160 g/mol. The van der Waals surface area contributed by atoms with Crippen LogP contribution in [0, 0.1) is 0 Å². The van der Waals surface area contributed by atoms with Gasteiger partial charge in [-0.1, -0.05) is 0 Å². The van der Waals surface area contributed by atoms with E-state index >= 15 is 0 Å². The van der Waals surface area contributed by atoms with E-state index in [1.807, 2.05) is 0 Å². The van der Waals surface area contributed by atoms with Crippen LogP contribution in [0.25, 0.3) is 0 Å². The predicted molar refractivity (Wildman–Crippen MR) is 22.0 cm³/mol. The van der Waals surface area contributed by atoms with Gasteiger partial charge in [-0.05, 0) is 0 Å². The smallest absolute Gasteiger partial charge is 0.759 e. The molecule has 0 atom stereocenters. The Hall–Kier alpha value is 1.90. The minimum Gasteiger partial charge on any atom is -0.759 e. The summed E-state index contributed by atoms with van der Waals surface area (Å²) in [5, 5.41) is 0. The molecule has 0 heterocycles. The molecule has 0 aliphatic carbocycles. The van der Waals surface area contributed by atoms with Gasteiger partial charge < -0.3 is 9.11 Å². The van der Waals surface area contributed by atoms with Crippen molar-refractivity contribution in [1.29, 1.82) is 0 Å². The third-order valence-electron chi connectivity index (χ3n) is 0. The van der Waals surface area contributed by atoms with Gasteiger partial charge in [0.2, 0.25) is 0 Å². The fourth-order valence-electron chi connectivity index (χ4n) is 0. The molecule has 0 amide bonds. The maximum Gasteiger partial charge on any atom is 2.00 e. The van der Waals surface area contributed by atoms with Crippen molar-refractivity contribution in [2.75, 3.05) is 0 Å². The minimum absolute atomic E-state index is 0. The van der Waals surface area contributed by atoms with Crippen molar-refractivity contribution in [3.05, 3.63) is 0 Å². The average Bonchev–Trinajstić information content (AvgIpc) is 0.722. The molecule has 7 heteroatoms. The standard InChI is InChI=1S/Ca.Mg.H2O4S/c;;1-5(2,3)4/h;;(H2,1,2,3,4)/q2*+2;/p-2. The predicted octanol–water partition coefficient (Wildman–Crippen LogP) is -2.10. The Kier molecular flexibility index (Phi) is 13.7. The van der Waals surface area contributed by atoms with Crippen molar-refractivity contribution in [2.45, 2.75) is 0 Å². The molecule has 0 rings (SSSR count). The molecular formula is CaMgO4S+2. The zero-order chi connectivity index (χ0) is 4.50. The molecule has 0 unspecified atom stereocenters. The fourth-order valence-corrected chi connectivity index (χ4v) is 0. The molecule has 0 aliphatic heterocycles. The summed E-state index contributed by atoms with van der Waals surface area (Å²) in [7, 11) is -5.17. The van der Waals surface area contributed by atoms with Gasteiger partial charge in [0.1, 0.15) is 0 Å². The minimum atomic E-state index is -5.17. The number of hydrogen-bond donors (Lipinski definition) is 0. The molecule has 0 N–H and O–H groups in total. The summed E-state index contributed by atoms with van der Waals surface area (Å²) in [6, 6.07) is 0. The summed E-state index contributed by atoms with van der Waals surface area (Å²) in [5.41, 5.74) is 0. The first kappa shape index (κ1) is 16.0. The van der Waals surface area contributed by atoms with Crippen molar-refractivity contribution < 1.29 is 17.5 Å². The second-order valence-electron chi connectivity index (χ2n) is 0.408. The third-order valence-corrected chi connectivity index (χ3v) is 0. The summed E-state index contributed by atoms with van der Waals surface area (Å²) in [5.74, 6) is 0. The maximum absolute atomic E-state index is 8.52. The summed E-state index contributed by atoms with van der Waals surface area (Å²) in [6.07, 6.45) is 0. The Bertz CT molecular complexity index is 94.9. The number of rotatable bonds is 0. The van der Waals surface area contributed by atoms with Crippen LogP contribution >= 0.6 is 0 Å². The third kappa shape index (κ3) is 76.4. The second kappa shape index (κ2) is 6.02. The van der Waals surface area contributed by atoms with Crippen LogP contribution in [-0.4, -0.2) is 78.3 Å². The summed E-state index contributed by atoms with van der Waals surface area (Å²) in [4.78, 5) is 0. The second-order valence-corrected chi connectivity index (χ2v) is 1.22. The van der Waals surface area contributed by atoms with E-state index in [0.29, 0.717) is 0 Å².